The van der Waals surface area contributed by atoms with Crippen LogP contribution < -0.4 is 5.73 Å². The number of aryl methyl sites for hydroxylation is 1. The van der Waals surface area contributed by atoms with Gasteiger partial charge in [-0.05, 0) is 30.9 Å². The van der Waals surface area contributed by atoms with Gasteiger partial charge in [-0.3, -0.25) is 0 Å². The van der Waals surface area contributed by atoms with Gasteiger partial charge in [0.05, 0.1) is 30.0 Å². The number of amides is 1. The summed E-state index contributed by atoms with van der Waals surface area (Å²) in [6.07, 6.45) is 2.51. The third kappa shape index (κ3) is 3.49. The molecule has 7 heteroatoms. The molecule has 2 aliphatic rings. The maximum absolute atomic E-state index is 12.3. The number of allylic oxidation sites excluding steroid dienone is 2. The lowest BCUT2D eigenvalue weighted by Crippen LogP contribution is -2.50. The number of rotatable bonds is 4. The van der Waals surface area contributed by atoms with Crippen LogP contribution in [0.4, 0.5) is 4.79 Å². The molecule has 2 atom stereocenters. The van der Waals surface area contributed by atoms with Crippen molar-refractivity contribution >= 4 is 6.09 Å². The van der Waals surface area contributed by atoms with Crippen LogP contribution in [0.2, 0.25) is 0 Å². The van der Waals surface area contributed by atoms with Crippen LogP contribution in [0, 0.1) is 51.2 Å². The summed E-state index contributed by atoms with van der Waals surface area (Å²) in [5, 5.41) is 29.8. The molecule has 1 amide bonds. The number of carbonyl (C=O) groups excluding carboxylic acids is 1. The zero-order valence-corrected chi connectivity index (χ0v) is 16.8. The SMILES string of the molecule is CCOC(=O)N1CC=C2C(C#N)=C(N)C(C#N)(C#N)[C@@H](CCc3ccccc3)[C@H]2C1. The molecule has 1 heterocycles. The molecule has 0 unspecified atom stereocenters. The summed E-state index contributed by atoms with van der Waals surface area (Å²) in [4.78, 5) is 13.9. The van der Waals surface area contributed by atoms with E-state index in [0.29, 0.717) is 19.4 Å². The number of ether oxygens (including phenoxy) is 1. The summed E-state index contributed by atoms with van der Waals surface area (Å²) in [5.41, 5.74) is 6.64. The molecule has 0 radical (unpaired) electrons. The Morgan fingerprint density at radius 3 is 2.57 bits per heavy atom. The van der Waals surface area contributed by atoms with Crippen molar-refractivity contribution in [1.29, 1.82) is 15.8 Å². The molecule has 0 aromatic heterocycles. The highest BCUT2D eigenvalue weighted by Crippen LogP contribution is 2.51. The minimum atomic E-state index is -1.63. The van der Waals surface area contributed by atoms with Crippen molar-refractivity contribution in [1.82, 2.24) is 4.90 Å². The Hall–Kier alpha value is -3.76. The van der Waals surface area contributed by atoms with E-state index in [1.165, 1.54) is 0 Å². The van der Waals surface area contributed by atoms with Crippen molar-refractivity contribution in [2.24, 2.45) is 23.0 Å². The predicted molar refractivity (Wildman–Crippen MR) is 109 cm³/mol. The standard InChI is InChI=1S/C23H23N5O2/c1-2-30-22(29)28-11-10-17-18(12-24)21(27)23(14-25,15-26)20(19(17)13-28)9-8-16-6-4-3-5-7-16/h3-7,10,19-20H,2,8-9,11,13,27H2,1H3/t19-,20-/m0/s1. The molecule has 30 heavy (non-hydrogen) atoms. The number of nitriles is 3. The van der Waals surface area contributed by atoms with Crippen LogP contribution in [0.3, 0.4) is 0 Å². The third-order valence-corrected chi connectivity index (χ3v) is 5.95. The molecule has 1 aromatic carbocycles. The van der Waals surface area contributed by atoms with Crippen LogP contribution >= 0.6 is 0 Å². The lowest BCUT2D eigenvalue weighted by atomic mass is 9.58. The lowest BCUT2D eigenvalue weighted by molar-refractivity contribution is 0.0928. The molecule has 7 nitrogen and oxygen atoms in total. The Bertz CT molecular complexity index is 993. The monoisotopic (exact) mass is 401 g/mol. The van der Waals surface area contributed by atoms with E-state index >= 15 is 0 Å². The van der Waals surface area contributed by atoms with E-state index < -0.39 is 17.4 Å². The molecule has 0 spiro atoms. The van der Waals surface area contributed by atoms with Crippen LogP contribution in [0.15, 0.2) is 53.3 Å². The maximum Gasteiger partial charge on any atom is 0.410 e. The average molecular weight is 401 g/mol. The molecule has 1 aliphatic carbocycles. The van der Waals surface area contributed by atoms with Crippen LogP contribution in [0.1, 0.15) is 18.9 Å². The number of carbonyl (C=O) groups is 1. The van der Waals surface area contributed by atoms with Gasteiger partial charge in [0.15, 0.2) is 5.41 Å². The zero-order valence-electron chi connectivity index (χ0n) is 16.8. The van der Waals surface area contributed by atoms with E-state index in [-0.39, 0.29) is 30.3 Å². The quantitative estimate of drug-likeness (QED) is 0.826. The first-order valence-electron chi connectivity index (χ1n) is 9.91. The number of hydrogen-bond donors (Lipinski definition) is 1. The highest BCUT2D eigenvalue weighted by Gasteiger charge is 2.53. The molecular weight excluding hydrogens is 378 g/mol. The van der Waals surface area contributed by atoms with Gasteiger partial charge in [-0.2, -0.15) is 15.8 Å². The Morgan fingerprint density at radius 2 is 1.97 bits per heavy atom. The maximum atomic E-state index is 12.3. The van der Waals surface area contributed by atoms with Crippen molar-refractivity contribution in [2.45, 2.75) is 19.8 Å². The molecular formula is C23H23N5O2. The van der Waals surface area contributed by atoms with E-state index in [2.05, 4.69) is 18.2 Å². The highest BCUT2D eigenvalue weighted by atomic mass is 16.6. The van der Waals surface area contributed by atoms with Crippen molar-refractivity contribution in [3.63, 3.8) is 0 Å². The topological polar surface area (TPSA) is 127 Å². The molecule has 0 bridgehead atoms. The van der Waals surface area contributed by atoms with E-state index in [1.807, 2.05) is 30.3 Å². The highest BCUT2D eigenvalue weighted by molar-refractivity contribution is 5.69. The fraction of sp³-hybridized carbons (Fsp3) is 0.391. The van der Waals surface area contributed by atoms with Gasteiger partial charge in [0, 0.05) is 24.9 Å². The van der Waals surface area contributed by atoms with Crippen LogP contribution in [-0.2, 0) is 11.2 Å². The summed E-state index contributed by atoms with van der Waals surface area (Å²) < 4.78 is 5.13. The minimum Gasteiger partial charge on any atom is -0.450 e. The van der Waals surface area contributed by atoms with Gasteiger partial charge in [-0.25, -0.2) is 4.79 Å². The van der Waals surface area contributed by atoms with Crippen molar-refractivity contribution in [3.05, 3.63) is 58.8 Å². The van der Waals surface area contributed by atoms with Crippen LogP contribution in [0.5, 0.6) is 0 Å². The van der Waals surface area contributed by atoms with Crippen LogP contribution in [0.25, 0.3) is 0 Å². The normalized spacial score (nSPS) is 22.1. The number of fused-ring (bicyclic) bond motifs is 1. The molecule has 2 N–H and O–H groups in total. The second kappa shape index (κ2) is 8.72. The zero-order chi connectivity index (χ0) is 21.7. The number of nitrogens with two attached hydrogens (primary N) is 1. The summed E-state index contributed by atoms with van der Waals surface area (Å²) in [6.45, 7) is 2.55. The molecule has 152 valence electrons. The smallest absolute Gasteiger partial charge is 0.410 e. The van der Waals surface area contributed by atoms with Crippen LogP contribution in [-0.4, -0.2) is 30.7 Å². The molecule has 0 saturated carbocycles. The third-order valence-electron chi connectivity index (χ3n) is 5.95. The minimum absolute atomic E-state index is 0.0140. The van der Waals surface area contributed by atoms with Gasteiger partial charge in [-0.15, -0.1) is 0 Å². The van der Waals surface area contributed by atoms with Gasteiger partial charge in [0.25, 0.3) is 0 Å². The van der Waals surface area contributed by atoms with Gasteiger partial charge < -0.3 is 15.4 Å². The molecule has 0 fully saturated rings. The fourth-order valence-electron chi connectivity index (χ4n) is 4.44. The average Bonchev–Trinajstić information content (AvgIpc) is 2.78. The Balaban J connectivity index is 2.05. The van der Waals surface area contributed by atoms with Gasteiger partial charge in [0.2, 0.25) is 0 Å². The van der Waals surface area contributed by atoms with Gasteiger partial charge in [-0.1, -0.05) is 36.4 Å². The van der Waals surface area contributed by atoms with Crippen molar-refractivity contribution in [2.75, 3.05) is 19.7 Å². The van der Waals surface area contributed by atoms with Crippen molar-refractivity contribution < 1.29 is 9.53 Å². The van der Waals surface area contributed by atoms with E-state index in [1.54, 1.807) is 17.9 Å². The number of nitrogens with zero attached hydrogens (tertiary/aromatic N) is 4. The predicted octanol–water partition coefficient (Wildman–Crippen LogP) is 3.03. The fourth-order valence-corrected chi connectivity index (χ4v) is 4.44. The Labute approximate surface area is 176 Å². The number of hydrogen-bond acceptors (Lipinski definition) is 6. The lowest BCUT2D eigenvalue weighted by Gasteiger charge is -2.45. The van der Waals surface area contributed by atoms with Crippen molar-refractivity contribution in [3.8, 4) is 18.2 Å². The molecule has 0 saturated heterocycles. The summed E-state index contributed by atoms with van der Waals surface area (Å²) >= 11 is 0. The number of benzene rings is 1. The summed E-state index contributed by atoms with van der Waals surface area (Å²) in [5.74, 6) is -0.818. The largest absolute Gasteiger partial charge is 0.450 e. The first kappa shape index (κ1) is 21.0. The van der Waals surface area contributed by atoms with E-state index in [4.69, 9.17) is 10.5 Å². The second-order valence-electron chi connectivity index (χ2n) is 7.43. The first-order chi connectivity index (χ1) is 14.5. The summed E-state index contributed by atoms with van der Waals surface area (Å²) in [6, 6.07) is 16.1. The van der Waals surface area contributed by atoms with Gasteiger partial charge in [0.1, 0.15) is 6.07 Å². The first-order valence-corrected chi connectivity index (χ1v) is 9.91. The Morgan fingerprint density at radius 1 is 1.27 bits per heavy atom. The molecule has 1 aromatic rings. The van der Waals surface area contributed by atoms with Gasteiger partial charge >= 0.3 is 6.09 Å². The molecule has 3 rings (SSSR count). The Kier molecular flexibility index (Phi) is 6.09. The second-order valence-corrected chi connectivity index (χ2v) is 7.43. The van der Waals surface area contributed by atoms with E-state index in [9.17, 15) is 20.6 Å². The molecule has 1 aliphatic heterocycles. The van der Waals surface area contributed by atoms with E-state index in [0.717, 1.165) is 11.1 Å². The summed E-state index contributed by atoms with van der Waals surface area (Å²) in [7, 11) is 0.